The van der Waals surface area contributed by atoms with Crippen molar-refractivity contribution in [2.24, 2.45) is 5.73 Å². The van der Waals surface area contributed by atoms with Crippen LogP contribution >= 0.6 is 0 Å². The molecule has 0 saturated carbocycles. The maximum absolute atomic E-state index is 11.2. The highest BCUT2D eigenvalue weighted by Gasteiger charge is 2.12. The summed E-state index contributed by atoms with van der Waals surface area (Å²) in [4.78, 5) is 10.6. The van der Waals surface area contributed by atoms with E-state index in [1.54, 1.807) is 12.1 Å². The lowest BCUT2D eigenvalue weighted by Crippen LogP contribution is -2.20. The molecular weight excluding hydrogens is 204 g/mol. The number of anilines is 1. The van der Waals surface area contributed by atoms with E-state index in [-0.39, 0.29) is 10.6 Å². The first-order valence-corrected chi connectivity index (χ1v) is 5.66. The van der Waals surface area contributed by atoms with E-state index in [0.29, 0.717) is 0 Å². The average molecular weight is 214 g/mol. The molecule has 0 aliphatic rings. The molecule has 1 rings (SSSR count). The number of urea groups is 1. The number of sulfone groups is 1. The number of nitrogens with two attached hydrogens (primary N) is 1. The summed E-state index contributed by atoms with van der Waals surface area (Å²) in [5.41, 5.74) is 5.09. The number of amides is 2. The maximum atomic E-state index is 11.2. The highest BCUT2D eigenvalue weighted by Crippen LogP contribution is 2.19. The van der Waals surface area contributed by atoms with Crippen LogP contribution in [0.25, 0.3) is 0 Å². The highest BCUT2D eigenvalue weighted by atomic mass is 32.2. The summed E-state index contributed by atoms with van der Waals surface area (Å²) in [5.74, 6) is 0. The minimum absolute atomic E-state index is 0.0544. The number of carbonyl (C=O) groups is 1. The first-order chi connectivity index (χ1) is 6.41. The summed E-state index contributed by atoms with van der Waals surface area (Å²) < 4.78 is 22.5. The normalized spacial score (nSPS) is 10.9. The molecule has 6 heteroatoms. The van der Waals surface area contributed by atoms with Gasteiger partial charge in [0.2, 0.25) is 0 Å². The van der Waals surface area contributed by atoms with Crippen LogP contribution in [-0.2, 0) is 9.84 Å². The highest BCUT2D eigenvalue weighted by molar-refractivity contribution is 7.90. The molecule has 0 aromatic heterocycles. The minimum Gasteiger partial charge on any atom is -0.351 e. The van der Waals surface area contributed by atoms with Gasteiger partial charge < -0.3 is 11.1 Å². The average Bonchev–Trinajstić information content (AvgIpc) is 2.01. The second-order valence-electron chi connectivity index (χ2n) is 2.76. The van der Waals surface area contributed by atoms with Gasteiger partial charge in [0.15, 0.2) is 9.84 Å². The van der Waals surface area contributed by atoms with Gasteiger partial charge in [0.25, 0.3) is 0 Å². The predicted molar refractivity (Wildman–Crippen MR) is 52.8 cm³/mol. The first kappa shape index (κ1) is 10.5. The minimum atomic E-state index is -3.35. The second-order valence-corrected chi connectivity index (χ2v) is 4.74. The van der Waals surface area contributed by atoms with Crippen LogP contribution in [0.2, 0.25) is 0 Å². The molecule has 0 aliphatic carbocycles. The van der Waals surface area contributed by atoms with Crippen molar-refractivity contribution in [3.05, 3.63) is 24.3 Å². The van der Waals surface area contributed by atoms with Crippen molar-refractivity contribution < 1.29 is 13.2 Å². The fourth-order valence-corrected chi connectivity index (χ4v) is 1.87. The van der Waals surface area contributed by atoms with Gasteiger partial charge in [-0.15, -0.1) is 0 Å². The Labute approximate surface area is 81.8 Å². The van der Waals surface area contributed by atoms with Crippen LogP contribution < -0.4 is 11.1 Å². The van der Waals surface area contributed by atoms with Gasteiger partial charge in [-0.1, -0.05) is 12.1 Å². The molecule has 1 aromatic carbocycles. The Balaban J connectivity index is 3.23. The fourth-order valence-electron chi connectivity index (χ4n) is 1.03. The molecule has 0 radical (unpaired) electrons. The number of rotatable bonds is 2. The van der Waals surface area contributed by atoms with Crippen LogP contribution in [0, 0.1) is 0 Å². The van der Waals surface area contributed by atoms with Crippen LogP contribution in [0.3, 0.4) is 0 Å². The van der Waals surface area contributed by atoms with Crippen molar-refractivity contribution in [2.45, 2.75) is 4.90 Å². The van der Waals surface area contributed by atoms with Crippen LogP contribution in [0.5, 0.6) is 0 Å². The molecule has 0 unspecified atom stereocenters. The third kappa shape index (κ3) is 2.46. The van der Waals surface area contributed by atoms with Gasteiger partial charge in [0.05, 0.1) is 10.6 Å². The molecule has 1 aromatic rings. The van der Waals surface area contributed by atoms with E-state index >= 15 is 0 Å². The summed E-state index contributed by atoms with van der Waals surface area (Å²) in [7, 11) is -3.35. The summed E-state index contributed by atoms with van der Waals surface area (Å²) in [6, 6.07) is 5.27. The number of primary amides is 1. The number of hydrogen-bond donors (Lipinski definition) is 2. The fraction of sp³-hybridized carbons (Fsp3) is 0.125. The molecule has 5 nitrogen and oxygen atoms in total. The third-order valence-corrected chi connectivity index (χ3v) is 2.70. The monoisotopic (exact) mass is 214 g/mol. The van der Waals surface area contributed by atoms with Gasteiger partial charge in [0.1, 0.15) is 0 Å². The van der Waals surface area contributed by atoms with Crippen LogP contribution in [0.4, 0.5) is 10.5 Å². The largest absolute Gasteiger partial charge is 0.351 e. The molecule has 0 saturated heterocycles. The number of carbonyl (C=O) groups excluding carboxylic acids is 1. The zero-order valence-corrected chi connectivity index (χ0v) is 8.34. The van der Waals surface area contributed by atoms with Crippen molar-refractivity contribution in [2.75, 3.05) is 11.6 Å². The summed E-state index contributed by atoms with van der Waals surface area (Å²) in [6.45, 7) is 0. The molecule has 76 valence electrons. The summed E-state index contributed by atoms with van der Waals surface area (Å²) in [6.07, 6.45) is 1.06. The molecule has 2 amide bonds. The number of nitrogens with one attached hydrogen (secondary N) is 1. The first-order valence-electron chi connectivity index (χ1n) is 3.77. The zero-order chi connectivity index (χ0) is 10.8. The molecule has 0 bridgehead atoms. The number of para-hydroxylation sites is 1. The lowest BCUT2D eigenvalue weighted by Gasteiger charge is -2.06. The summed E-state index contributed by atoms with van der Waals surface area (Å²) >= 11 is 0. The SMILES string of the molecule is CS(=O)(=O)c1ccccc1NC(N)=O. The Kier molecular flexibility index (Phi) is 2.76. The van der Waals surface area contributed by atoms with Gasteiger partial charge >= 0.3 is 6.03 Å². The Hall–Kier alpha value is -1.56. The topological polar surface area (TPSA) is 89.3 Å². The Morgan fingerprint density at radius 3 is 2.43 bits per heavy atom. The molecular formula is C8H10N2O3S. The van der Waals surface area contributed by atoms with E-state index in [1.165, 1.54) is 12.1 Å². The number of benzene rings is 1. The molecule has 0 spiro atoms. The molecule has 14 heavy (non-hydrogen) atoms. The van der Waals surface area contributed by atoms with Gasteiger partial charge in [-0.3, -0.25) is 0 Å². The van der Waals surface area contributed by atoms with E-state index in [4.69, 9.17) is 5.73 Å². The molecule has 0 heterocycles. The molecule has 3 N–H and O–H groups in total. The standard InChI is InChI=1S/C8H10N2O3S/c1-14(12,13)7-5-3-2-4-6(7)10-8(9)11/h2-5H,1H3,(H3,9,10,11). The van der Waals surface area contributed by atoms with Gasteiger partial charge in [-0.25, -0.2) is 13.2 Å². The molecule has 0 atom stereocenters. The van der Waals surface area contributed by atoms with Gasteiger partial charge in [0, 0.05) is 6.26 Å². The smallest absolute Gasteiger partial charge is 0.316 e. The zero-order valence-electron chi connectivity index (χ0n) is 7.52. The van der Waals surface area contributed by atoms with Crippen LogP contribution in [0.1, 0.15) is 0 Å². The maximum Gasteiger partial charge on any atom is 0.316 e. The lowest BCUT2D eigenvalue weighted by molar-refractivity contribution is 0.259. The van der Waals surface area contributed by atoms with E-state index < -0.39 is 15.9 Å². The van der Waals surface area contributed by atoms with E-state index in [1.807, 2.05) is 0 Å². The Morgan fingerprint density at radius 1 is 1.36 bits per heavy atom. The predicted octanol–water partition coefficient (Wildman–Crippen LogP) is 0.581. The number of hydrogen-bond acceptors (Lipinski definition) is 3. The van der Waals surface area contributed by atoms with Crippen LogP contribution in [0.15, 0.2) is 29.2 Å². The van der Waals surface area contributed by atoms with E-state index in [2.05, 4.69) is 5.32 Å². The van der Waals surface area contributed by atoms with Crippen molar-refractivity contribution in [3.8, 4) is 0 Å². The van der Waals surface area contributed by atoms with Crippen molar-refractivity contribution >= 4 is 21.6 Å². The van der Waals surface area contributed by atoms with Crippen molar-refractivity contribution in [3.63, 3.8) is 0 Å². The molecule has 0 fully saturated rings. The summed E-state index contributed by atoms with van der Waals surface area (Å²) in [5, 5.41) is 2.24. The third-order valence-electron chi connectivity index (χ3n) is 1.54. The van der Waals surface area contributed by atoms with Gasteiger partial charge in [-0.05, 0) is 12.1 Å². The second kappa shape index (κ2) is 3.67. The Morgan fingerprint density at radius 2 is 1.93 bits per heavy atom. The van der Waals surface area contributed by atoms with Crippen LogP contribution in [-0.4, -0.2) is 20.7 Å². The Bertz CT molecular complexity index is 453. The lowest BCUT2D eigenvalue weighted by atomic mass is 10.3. The van der Waals surface area contributed by atoms with Crippen molar-refractivity contribution in [1.82, 2.24) is 0 Å². The molecule has 0 aliphatic heterocycles. The van der Waals surface area contributed by atoms with Crippen molar-refractivity contribution in [1.29, 1.82) is 0 Å². The van der Waals surface area contributed by atoms with E-state index in [0.717, 1.165) is 6.26 Å². The van der Waals surface area contributed by atoms with Gasteiger partial charge in [-0.2, -0.15) is 0 Å². The quantitative estimate of drug-likeness (QED) is 0.754. The van der Waals surface area contributed by atoms with E-state index in [9.17, 15) is 13.2 Å².